The Morgan fingerprint density at radius 2 is 1.12 bits per heavy atom. The number of hydrogen-bond acceptors (Lipinski definition) is 4. The Kier molecular flexibility index (Phi) is 5.35. The average Bonchev–Trinajstić information content (AvgIpc) is 2.67. The van der Waals surface area contributed by atoms with E-state index >= 15 is 0 Å². The fraction of sp³-hybridized carbons (Fsp3) is 0. The molecule has 3 aromatic carbocycles. The number of hydrazone groups is 2. The summed E-state index contributed by atoms with van der Waals surface area (Å²) >= 11 is 0. The van der Waals surface area contributed by atoms with E-state index in [2.05, 4.69) is 21.1 Å². The minimum absolute atomic E-state index is 0.739. The van der Waals surface area contributed by atoms with Crippen molar-refractivity contribution in [2.75, 3.05) is 10.9 Å². The fourth-order valence-corrected chi connectivity index (χ4v) is 2.09. The molecule has 0 unspecified atom stereocenters. The van der Waals surface area contributed by atoms with Gasteiger partial charge in [-0.05, 0) is 24.3 Å². The molecule has 0 aliphatic rings. The van der Waals surface area contributed by atoms with E-state index in [9.17, 15) is 0 Å². The van der Waals surface area contributed by atoms with Gasteiger partial charge >= 0.3 is 0 Å². The molecule has 0 aliphatic heterocycles. The third-order valence-corrected chi connectivity index (χ3v) is 3.30. The van der Waals surface area contributed by atoms with Gasteiger partial charge < -0.3 is 0 Å². The van der Waals surface area contributed by atoms with Crippen LogP contribution in [0, 0.1) is 0 Å². The standard InChI is InChI=1S/C20H18N4/c1-4-10-17(11-5-1)20(24-23-19-14-8-3-9-15-19)16-21-22-18-12-6-2-7-13-18/h1-16,22-23H. The minimum atomic E-state index is 0.739. The van der Waals surface area contributed by atoms with E-state index in [-0.39, 0.29) is 0 Å². The summed E-state index contributed by atoms with van der Waals surface area (Å²) in [6.07, 6.45) is 1.71. The lowest BCUT2D eigenvalue weighted by molar-refractivity contribution is 1.33. The van der Waals surface area contributed by atoms with Gasteiger partial charge in [-0.15, -0.1) is 0 Å². The molecule has 4 nitrogen and oxygen atoms in total. The quantitative estimate of drug-likeness (QED) is 0.516. The molecule has 0 aliphatic carbocycles. The Morgan fingerprint density at radius 1 is 0.625 bits per heavy atom. The number of nitrogens with zero attached hydrogens (tertiary/aromatic N) is 2. The molecular formula is C20H18N4. The van der Waals surface area contributed by atoms with Crippen LogP contribution in [0.4, 0.5) is 11.4 Å². The first-order valence-corrected chi connectivity index (χ1v) is 7.70. The molecule has 0 atom stereocenters. The minimum Gasteiger partial charge on any atom is -0.278 e. The monoisotopic (exact) mass is 314 g/mol. The Hall–Kier alpha value is -3.40. The number of rotatable bonds is 6. The fourth-order valence-electron chi connectivity index (χ4n) is 2.09. The average molecular weight is 314 g/mol. The van der Waals surface area contributed by atoms with Crippen LogP contribution in [-0.2, 0) is 0 Å². The zero-order valence-corrected chi connectivity index (χ0v) is 13.1. The van der Waals surface area contributed by atoms with Gasteiger partial charge in [0.1, 0.15) is 5.71 Å². The van der Waals surface area contributed by atoms with Crippen molar-refractivity contribution >= 4 is 23.3 Å². The Balaban J connectivity index is 1.77. The lowest BCUT2D eigenvalue weighted by Crippen LogP contribution is -2.07. The third kappa shape index (κ3) is 4.55. The van der Waals surface area contributed by atoms with Crippen molar-refractivity contribution in [1.82, 2.24) is 0 Å². The Morgan fingerprint density at radius 3 is 1.71 bits per heavy atom. The molecule has 0 bridgehead atoms. The Bertz CT molecular complexity index is 797. The summed E-state index contributed by atoms with van der Waals surface area (Å²) in [5, 5.41) is 8.76. The smallest absolute Gasteiger partial charge is 0.111 e. The van der Waals surface area contributed by atoms with E-state index in [1.807, 2.05) is 91.0 Å². The number of nitrogens with one attached hydrogen (secondary N) is 2. The first-order valence-electron chi connectivity index (χ1n) is 7.70. The molecule has 24 heavy (non-hydrogen) atoms. The van der Waals surface area contributed by atoms with Crippen LogP contribution in [0.3, 0.4) is 0 Å². The van der Waals surface area contributed by atoms with Crippen LogP contribution in [0.5, 0.6) is 0 Å². The molecule has 0 fully saturated rings. The van der Waals surface area contributed by atoms with Crippen LogP contribution in [0.25, 0.3) is 0 Å². The Labute approximate surface area is 141 Å². The zero-order chi connectivity index (χ0) is 16.5. The summed E-state index contributed by atoms with van der Waals surface area (Å²) in [5.74, 6) is 0. The van der Waals surface area contributed by atoms with Gasteiger partial charge in [-0.1, -0.05) is 66.7 Å². The maximum Gasteiger partial charge on any atom is 0.111 e. The third-order valence-electron chi connectivity index (χ3n) is 3.30. The second kappa shape index (κ2) is 8.29. The number of anilines is 2. The lowest BCUT2D eigenvalue weighted by atomic mass is 10.1. The van der Waals surface area contributed by atoms with Gasteiger partial charge in [0.15, 0.2) is 0 Å². The van der Waals surface area contributed by atoms with E-state index < -0.39 is 0 Å². The highest BCUT2D eigenvalue weighted by Crippen LogP contribution is 2.07. The van der Waals surface area contributed by atoms with E-state index in [0.29, 0.717) is 0 Å². The molecule has 0 saturated heterocycles. The van der Waals surface area contributed by atoms with E-state index in [1.54, 1.807) is 6.21 Å². The van der Waals surface area contributed by atoms with E-state index in [0.717, 1.165) is 22.6 Å². The molecule has 118 valence electrons. The second-order valence-electron chi connectivity index (χ2n) is 5.08. The van der Waals surface area contributed by atoms with Crippen molar-refractivity contribution in [2.45, 2.75) is 0 Å². The summed E-state index contributed by atoms with van der Waals surface area (Å²) in [7, 11) is 0. The predicted octanol–water partition coefficient (Wildman–Crippen LogP) is 4.60. The topological polar surface area (TPSA) is 48.8 Å². The lowest BCUT2D eigenvalue weighted by Gasteiger charge is -2.04. The first-order chi connectivity index (χ1) is 11.9. The molecule has 3 rings (SSSR count). The van der Waals surface area contributed by atoms with Gasteiger partial charge in [-0.2, -0.15) is 10.2 Å². The molecule has 0 amide bonds. The number of benzene rings is 3. The molecule has 0 spiro atoms. The van der Waals surface area contributed by atoms with Gasteiger partial charge in [-0.3, -0.25) is 10.9 Å². The molecule has 0 saturated carbocycles. The summed E-state index contributed by atoms with van der Waals surface area (Å²) in [5.41, 5.74) is 9.64. The molecule has 4 heteroatoms. The van der Waals surface area contributed by atoms with Gasteiger partial charge in [0.05, 0.1) is 17.6 Å². The van der Waals surface area contributed by atoms with Crippen LogP contribution in [0.2, 0.25) is 0 Å². The van der Waals surface area contributed by atoms with Crippen molar-refractivity contribution in [3.8, 4) is 0 Å². The van der Waals surface area contributed by atoms with Crippen LogP contribution in [0.15, 0.2) is 101 Å². The highest BCUT2D eigenvalue weighted by Gasteiger charge is 2.00. The maximum atomic E-state index is 4.47. The predicted molar refractivity (Wildman–Crippen MR) is 102 cm³/mol. The van der Waals surface area contributed by atoms with Crippen LogP contribution in [0.1, 0.15) is 5.56 Å². The van der Waals surface area contributed by atoms with Crippen molar-refractivity contribution in [3.05, 3.63) is 96.6 Å². The van der Waals surface area contributed by atoms with Crippen LogP contribution >= 0.6 is 0 Å². The molecule has 0 radical (unpaired) electrons. The SMILES string of the molecule is C(=NNc1ccccc1)C(=NNc1ccccc1)c1ccccc1. The van der Waals surface area contributed by atoms with Crippen molar-refractivity contribution in [2.24, 2.45) is 10.2 Å². The van der Waals surface area contributed by atoms with Crippen molar-refractivity contribution in [3.63, 3.8) is 0 Å². The molecule has 0 aromatic heterocycles. The highest BCUT2D eigenvalue weighted by atomic mass is 15.3. The molecular weight excluding hydrogens is 296 g/mol. The largest absolute Gasteiger partial charge is 0.278 e. The first kappa shape index (κ1) is 15.5. The van der Waals surface area contributed by atoms with Gasteiger partial charge in [0, 0.05) is 5.56 Å². The summed E-state index contributed by atoms with van der Waals surface area (Å²) in [6, 6.07) is 29.6. The zero-order valence-electron chi connectivity index (χ0n) is 13.1. The van der Waals surface area contributed by atoms with Gasteiger partial charge in [0.25, 0.3) is 0 Å². The van der Waals surface area contributed by atoms with E-state index in [4.69, 9.17) is 0 Å². The van der Waals surface area contributed by atoms with E-state index in [1.165, 1.54) is 0 Å². The van der Waals surface area contributed by atoms with Gasteiger partial charge in [-0.25, -0.2) is 0 Å². The van der Waals surface area contributed by atoms with Crippen LogP contribution in [-0.4, -0.2) is 11.9 Å². The molecule has 3 aromatic rings. The molecule has 0 heterocycles. The highest BCUT2D eigenvalue weighted by molar-refractivity contribution is 6.38. The second-order valence-corrected chi connectivity index (χ2v) is 5.08. The van der Waals surface area contributed by atoms with Gasteiger partial charge in [0.2, 0.25) is 0 Å². The van der Waals surface area contributed by atoms with Crippen LogP contribution < -0.4 is 10.9 Å². The summed E-state index contributed by atoms with van der Waals surface area (Å²) in [6.45, 7) is 0. The van der Waals surface area contributed by atoms with Crippen molar-refractivity contribution in [1.29, 1.82) is 0 Å². The summed E-state index contributed by atoms with van der Waals surface area (Å²) in [4.78, 5) is 0. The van der Waals surface area contributed by atoms with Crippen molar-refractivity contribution < 1.29 is 0 Å². The number of hydrogen-bond donors (Lipinski definition) is 2. The maximum absolute atomic E-state index is 4.47. The molecule has 2 N–H and O–H groups in total. The normalized spacial score (nSPS) is 11.4. The summed E-state index contributed by atoms with van der Waals surface area (Å²) < 4.78 is 0. The number of para-hydroxylation sites is 2.